The minimum Gasteiger partial charge on any atom is -0.463 e. The Kier molecular flexibility index (Phi) is 10.8. The molecule has 2 aromatic heterocycles. The average molecular weight is 589 g/mol. The van der Waals surface area contributed by atoms with Crippen LogP contribution in [0, 0.1) is 5.92 Å². The molecular formula is C22H32N6O13. The number of esters is 1. The van der Waals surface area contributed by atoms with Crippen molar-refractivity contribution in [2.75, 3.05) is 24.2 Å². The molecule has 0 saturated carbocycles. The maximum atomic E-state index is 11.8. The Labute approximate surface area is 230 Å². The van der Waals surface area contributed by atoms with Crippen LogP contribution in [0.25, 0.3) is 0 Å². The quantitative estimate of drug-likeness (QED) is 0.107. The topological polar surface area (TPSA) is 280 Å². The molecule has 19 nitrogen and oxygen atoms in total. The smallest absolute Gasteiger partial charge is 0.351 e. The SMILES string of the molecule is CC(C)C(=O)OC[C@H]1O[C@@H](n2ccc(NO)nc2=O)[C@H](O)[C@@H]1O.O=c1nc(NO)ccn1[C@@H]1O[C@H](CO)[C@@H](O)[C@H]1O. The van der Waals surface area contributed by atoms with Crippen LogP contribution in [0.3, 0.4) is 0 Å². The fourth-order valence-electron chi connectivity index (χ4n) is 3.87. The van der Waals surface area contributed by atoms with Crippen LogP contribution < -0.4 is 22.3 Å². The van der Waals surface area contributed by atoms with Gasteiger partial charge in [0.25, 0.3) is 0 Å². The summed E-state index contributed by atoms with van der Waals surface area (Å²) in [5.74, 6) is -0.916. The fraction of sp³-hybridized carbons (Fsp3) is 0.591. The number of nitrogens with zero attached hydrogens (tertiary/aromatic N) is 4. The number of ether oxygens (including phenoxy) is 3. The van der Waals surface area contributed by atoms with Gasteiger partial charge in [-0.2, -0.15) is 9.97 Å². The molecule has 8 atom stereocenters. The van der Waals surface area contributed by atoms with Crippen LogP contribution in [-0.4, -0.2) is 111 Å². The van der Waals surface area contributed by atoms with Gasteiger partial charge in [0.05, 0.1) is 12.5 Å². The molecule has 0 unspecified atom stereocenters. The van der Waals surface area contributed by atoms with E-state index in [9.17, 15) is 34.8 Å². The zero-order valence-electron chi connectivity index (χ0n) is 21.8. The van der Waals surface area contributed by atoms with Crippen molar-refractivity contribution in [1.82, 2.24) is 19.1 Å². The molecule has 2 saturated heterocycles. The maximum absolute atomic E-state index is 11.8. The first kappa shape index (κ1) is 32.0. The second kappa shape index (κ2) is 13.9. The molecule has 2 aromatic rings. The van der Waals surface area contributed by atoms with E-state index in [1.54, 1.807) is 24.8 Å². The zero-order chi connectivity index (χ0) is 30.4. The van der Waals surface area contributed by atoms with Crippen LogP contribution in [0.2, 0.25) is 0 Å². The Bertz CT molecular complexity index is 1290. The zero-order valence-corrected chi connectivity index (χ0v) is 21.8. The normalized spacial score (nSPS) is 29.1. The van der Waals surface area contributed by atoms with Gasteiger partial charge in [-0.3, -0.25) is 35.3 Å². The maximum Gasteiger partial charge on any atom is 0.351 e. The summed E-state index contributed by atoms with van der Waals surface area (Å²) in [4.78, 5) is 41.9. The number of rotatable bonds is 8. The van der Waals surface area contributed by atoms with Crippen LogP contribution in [0.15, 0.2) is 34.1 Å². The Hall–Kier alpha value is -3.53. The van der Waals surface area contributed by atoms with Crippen LogP contribution >= 0.6 is 0 Å². The second-order valence-corrected chi connectivity index (χ2v) is 9.29. The van der Waals surface area contributed by atoms with Gasteiger partial charge in [-0.05, 0) is 12.1 Å². The predicted molar refractivity (Wildman–Crippen MR) is 133 cm³/mol. The second-order valence-electron chi connectivity index (χ2n) is 9.29. The summed E-state index contributed by atoms with van der Waals surface area (Å²) < 4.78 is 17.5. The Morgan fingerprint density at radius 2 is 1.32 bits per heavy atom. The van der Waals surface area contributed by atoms with Gasteiger partial charge >= 0.3 is 17.3 Å². The number of aliphatic hydroxyl groups excluding tert-OH is 5. The molecular weight excluding hydrogens is 556 g/mol. The van der Waals surface area contributed by atoms with E-state index in [-0.39, 0.29) is 24.2 Å². The highest BCUT2D eigenvalue weighted by molar-refractivity contribution is 5.71. The first-order chi connectivity index (χ1) is 19.4. The van der Waals surface area contributed by atoms with E-state index in [0.29, 0.717) is 0 Å². The molecule has 2 fully saturated rings. The minimum atomic E-state index is -1.40. The lowest BCUT2D eigenvalue weighted by Gasteiger charge is -2.17. The molecule has 0 aromatic carbocycles. The molecule has 0 bridgehead atoms. The van der Waals surface area contributed by atoms with Crippen molar-refractivity contribution in [2.24, 2.45) is 5.92 Å². The Morgan fingerprint density at radius 3 is 1.68 bits per heavy atom. The molecule has 0 amide bonds. The number of nitrogens with one attached hydrogen (secondary N) is 2. The Balaban J connectivity index is 0.000000232. The van der Waals surface area contributed by atoms with Crippen molar-refractivity contribution in [3.63, 3.8) is 0 Å². The predicted octanol–water partition coefficient (Wildman–Crippen LogP) is -3.48. The number of hydrogen-bond acceptors (Lipinski definition) is 17. The van der Waals surface area contributed by atoms with E-state index < -0.39 is 73.0 Å². The van der Waals surface area contributed by atoms with Crippen molar-refractivity contribution in [3.8, 4) is 0 Å². The molecule has 2 aliphatic heterocycles. The number of aliphatic hydroxyl groups is 5. The van der Waals surface area contributed by atoms with E-state index in [4.69, 9.17) is 29.7 Å². The third kappa shape index (κ3) is 7.22. The fourth-order valence-corrected chi connectivity index (χ4v) is 3.87. The first-order valence-corrected chi connectivity index (χ1v) is 12.2. The van der Waals surface area contributed by atoms with Gasteiger partial charge in [-0.15, -0.1) is 0 Å². The molecule has 4 heterocycles. The molecule has 41 heavy (non-hydrogen) atoms. The van der Waals surface area contributed by atoms with Gasteiger partial charge in [0.1, 0.15) is 43.2 Å². The standard InChI is InChI=1S/C13H19N3O7.C9H13N3O6/c1-6(2)12(19)22-5-7-9(17)10(18)11(23-7)16-4-3-8(15-21)14-13(16)20;13-3-4-6(14)7(15)8(18-4)12-2-1-5(11-17)10-9(12)16/h3-4,6-7,9-11,17-18,21H,5H2,1-2H3,(H,14,15,20);1-2,4,6-8,13-15,17H,3H2,(H,10,11,16)/t7-,9-,10-,11-;4-,6-,7-,8-/m11/s1. The van der Waals surface area contributed by atoms with Gasteiger partial charge < -0.3 is 39.7 Å². The third-order valence-electron chi connectivity index (χ3n) is 6.15. The first-order valence-electron chi connectivity index (χ1n) is 12.2. The number of aromatic nitrogens is 4. The lowest BCUT2D eigenvalue weighted by atomic mass is 10.1. The molecule has 0 radical (unpaired) electrons. The lowest BCUT2D eigenvalue weighted by Crippen LogP contribution is -2.36. The highest BCUT2D eigenvalue weighted by Gasteiger charge is 2.45. The van der Waals surface area contributed by atoms with Crippen molar-refractivity contribution in [2.45, 2.75) is 62.9 Å². The summed E-state index contributed by atoms with van der Waals surface area (Å²) >= 11 is 0. The summed E-state index contributed by atoms with van der Waals surface area (Å²) in [6.07, 6.45) is -7.13. The number of hydrogen-bond donors (Lipinski definition) is 9. The summed E-state index contributed by atoms with van der Waals surface area (Å²) in [5.41, 5.74) is 1.87. The molecule has 0 spiro atoms. The van der Waals surface area contributed by atoms with E-state index in [2.05, 4.69) is 9.97 Å². The summed E-state index contributed by atoms with van der Waals surface area (Å²) in [5, 5.41) is 65.5. The van der Waals surface area contributed by atoms with Gasteiger partial charge in [0, 0.05) is 12.4 Å². The highest BCUT2D eigenvalue weighted by atomic mass is 16.6. The minimum absolute atomic E-state index is 0.0528. The molecule has 0 aliphatic carbocycles. The van der Waals surface area contributed by atoms with Gasteiger partial charge in [-0.25, -0.2) is 9.59 Å². The van der Waals surface area contributed by atoms with E-state index in [0.717, 1.165) is 9.13 Å². The molecule has 4 rings (SSSR count). The van der Waals surface area contributed by atoms with Crippen LogP contribution in [0.1, 0.15) is 26.3 Å². The van der Waals surface area contributed by atoms with Crippen molar-refractivity contribution < 1.29 is 55.0 Å². The summed E-state index contributed by atoms with van der Waals surface area (Å²) in [7, 11) is 0. The monoisotopic (exact) mass is 588 g/mol. The largest absolute Gasteiger partial charge is 0.463 e. The molecule has 9 N–H and O–H groups in total. The third-order valence-corrected chi connectivity index (χ3v) is 6.15. The van der Waals surface area contributed by atoms with E-state index >= 15 is 0 Å². The lowest BCUT2D eigenvalue weighted by molar-refractivity contribution is -0.153. The van der Waals surface area contributed by atoms with Crippen molar-refractivity contribution in [1.29, 1.82) is 0 Å². The van der Waals surface area contributed by atoms with E-state index in [1.165, 1.54) is 24.5 Å². The molecule has 2 aliphatic rings. The van der Waals surface area contributed by atoms with Crippen LogP contribution in [-0.2, 0) is 19.0 Å². The summed E-state index contributed by atoms with van der Waals surface area (Å²) in [6, 6.07) is 2.58. The van der Waals surface area contributed by atoms with Crippen molar-refractivity contribution in [3.05, 3.63) is 45.5 Å². The number of anilines is 2. The number of carbonyl (C=O) groups excluding carboxylic acids is 1. The van der Waals surface area contributed by atoms with Gasteiger partial charge in [-0.1, -0.05) is 13.8 Å². The van der Waals surface area contributed by atoms with Gasteiger partial charge in [0.2, 0.25) is 0 Å². The van der Waals surface area contributed by atoms with Crippen molar-refractivity contribution >= 4 is 17.6 Å². The van der Waals surface area contributed by atoms with E-state index in [1.807, 2.05) is 0 Å². The van der Waals surface area contributed by atoms with Gasteiger partial charge in [0.15, 0.2) is 24.1 Å². The highest BCUT2D eigenvalue weighted by Crippen LogP contribution is 2.29. The summed E-state index contributed by atoms with van der Waals surface area (Å²) in [6.45, 7) is 2.60. The average Bonchev–Trinajstić information content (AvgIpc) is 3.41. The van der Waals surface area contributed by atoms with Crippen LogP contribution in [0.5, 0.6) is 0 Å². The Morgan fingerprint density at radius 1 is 0.878 bits per heavy atom. The van der Waals surface area contributed by atoms with Crippen LogP contribution in [0.4, 0.5) is 11.6 Å². The molecule has 19 heteroatoms. The number of carbonyl (C=O) groups is 1. The molecule has 228 valence electrons.